The average Bonchev–Trinajstić information content (AvgIpc) is 3.16. The molecule has 1 aromatic carbocycles. The minimum atomic E-state index is -3.64. The Morgan fingerprint density at radius 1 is 1.29 bits per heavy atom. The summed E-state index contributed by atoms with van der Waals surface area (Å²) in [7, 11) is -3.64. The van der Waals surface area contributed by atoms with Gasteiger partial charge in [-0.25, -0.2) is 13.1 Å². The summed E-state index contributed by atoms with van der Waals surface area (Å²) in [6.07, 6.45) is 1.52. The summed E-state index contributed by atoms with van der Waals surface area (Å²) in [5, 5.41) is 7.76. The Bertz CT molecular complexity index is 759. The van der Waals surface area contributed by atoms with Crippen molar-refractivity contribution in [2.24, 2.45) is 0 Å². The Hall–Kier alpha value is -1.73. The Morgan fingerprint density at radius 3 is 2.48 bits per heavy atom. The third kappa shape index (κ3) is 2.47. The maximum Gasteiger partial charge on any atom is 0.227 e. The molecule has 21 heavy (non-hydrogen) atoms. The van der Waals surface area contributed by atoms with Crippen molar-refractivity contribution in [2.45, 2.75) is 42.3 Å². The molecule has 1 saturated heterocycles. The van der Waals surface area contributed by atoms with Crippen molar-refractivity contribution < 1.29 is 13.2 Å². The number of epoxide rings is 1. The minimum Gasteiger partial charge on any atom is -0.371 e. The van der Waals surface area contributed by atoms with Gasteiger partial charge in [-0.05, 0) is 32.9 Å². The fraction of sp³-hybridized carbons (Fsp3) is 0.429. The lowest BCUT2D eigenvalue weighted by Crippen LogP contribution is -2.33. The maximum absolute atomic E-state index is 12.5. The summed E-state index contributed by atoms with van der Waals surface area (Å²) in [6, 6.07) is 6.69. The zero-order chi connectivity index (χ0) is 15.3. The van der Waals surface area contributed by atoms with E-state index in [0.29, 0.717) is 6.61 Å². The summed E-state index contributed by atoms with van der Waals surface area (Å²) in [4.78, 5) is 0.223. The van der Waals surface area contributed by atoms with Gasteiger partial charge in [-0.3, -0.25) is 0 Å². The predicted molar refractivity (Wildman–Crippen MR) is 75.7 cm³/mol. The minimum absolute atomic E-state index is 0.0416. The van der Waals surface area contributed by atoms with Crippen molar-refractivity contribution in [1.29, 1.82) is 0 Å². The molecule has 0 radical (unpaired) electrons. The predicted octanol–water partition coefficient (Wildman–Crippen LogP) is 1.55. The van der Waals surface area contributed by atoms with Crippen molar-refractivity contribution in [3.63, 3.8) is 0 Å². The number of nitrogens with zero attached hydrogens (tertiary/aromatic N) is 3. The van der Waals surface area contributed by atoms with Gasteiger partial charge in [-0.1, -0.05) is 22.9 Å². The molecule has 1 aliphatic rings. The van der Waals surface area contributed by atoms with E-state index in [1.165, 1.54) is 6.20 Å². The van der Waals surface area contributed by atoms with Crippen LogP contribution in [0.2, 0.25) is 0 Å². The third-order valence-electron chi connectivity index (χ3n) is 3.79. The molecule has 1 aliphatic heterocycles. The summed E-state index contributed by atoms with van der Waals surface area (Å²) in [5.41, 5.74) is 0.596. The summed E-state index contributed by atoms with van der Waals surface area (Å²) in [6.45, 7) is 6.46. The van der Waals surface area contributed by atoms with E-state index in [-0.39, 0.29) is 16.0 Å². The highest BCUT2D eigenvalue weighted by molar-refractivity contribution is 7.91. The van der Waals surface area contributed by atoms with Crippen LogP contribution in [0.25, 0.3) is 0 Å². The summed E-state index contributed by atoms with van der Waals surface area (Å²) < 4.78 is 31.9. The van der Waals surface area contributed by atoms with Crippen molar-refractivity contribution in [2.75, 3.05) is 6.61 Å². The summed E-state index contributed by atoms with van der Waals surface area (Å²) in [5.74, 6) is 0. The largest absolute Gasteiger partial charge is 0.371 e. The highest BCUT2D eigenvalue weighted by atomic mass is 32.2. The number of aromatic nitrogens is 3. The Morgan fingerprint density at radius 2 is 1.90 bits per heavy atom. The molecule has 0 bridgehead atoms. The van der Waals surface area contributed by atoms with Crippen molar-refractivity contribution in [3.05, 3.63) is 36.0 Å². The second kappa shape index (κ2) is 4.64. The van der Waals surface area contributed by atoms with Gasteiger partial charge < -0.3 is 4.74 Å². The molecule has 1 atom stereocenters. The van der Waals surface area contributed by atoms with E-state index in [0.717, 1.165) is 5.56 Å². The van der Waals surface area contributed by atoms with Gasteiger partial charge in [0, 0.05) is 0 Å². The van der Waals surface area contributed by atoms with Gasteiger partial charge in [-0.15, -0.1) is 5.10 Å². The molecule has 7 heteroatoms. The average molecular weight is 307 g/mol. The molecule has 0 spiro atoms. The molecule has 0 saturated carbocycles. The van der Waals surface area contributed by atoms with Gasteiger partial charge in [0.05, 0.1) is 23.2 Å². The molecule has 112 valence electrons. The molecular formula is C14H17N3O3S. The first-order chi connectivity index (χ1) is 9.81. The second-order valence-corrected chi connectivity index (χ2v) is 7.69. The molecule has 2 aromatic rings. The van der Waals surface area contributed by atoms with Crippen LogP contribution in [0.15, 0.2) is 40.4 Å². The van der Waals surface area contributed by atoms with E-state index in [2.05, 4.69) is 10.3 Å². The normalized spacial score (nSPS) is 18.7. The van der Waals surface area contributed by atoms with Crippen LogP contribution >= 0.6 is 0 Å². The highest BCUT2D eigenvalue weighted by Gasteiger charge is 2.42. The lowest BCUT2D eigenvalue weighted by atomic mass is 10.0. The van der Waals surface area contributed by atoms with Crippen LogP contribution in [0.3, 0.4) is 0 Å². The fourth-order valence-corrected chi connectivity index (χ4v) is 3.21. The maximum atomic E-state index is 12.5. The summed E-state index contributed by atoms with van der Waals surface area (Å²) >= 11 is 0. The van der Waals surface area contributed by atoms with Gasteiger partial charge in [-0.2, -0.15) is 0 Å². The molecule has 6 nitrogen and oxygen atoms in total. The molecule has 2 heterocycles. The number of ether oxygens (including phenoxy) is 1. The SMILES string of the molecule is Cc1ccc(S(=O)(=O)c2cn(C(C)(C)C3CO3)nn2)cc1. The van der Waals surface area contributed by atoms with Gasteiger partial charge in [0.15, 0.2) is 0 Å². The van der Waals surface area contributed by atoms with Crippen LogP contribution in [0, 0.1) is 6.92 Å². The zero-order valence-corrected chi connectivity index (χ0v) is 13.0. The fourth-order valence-electron chi connectivity index (χ4n) is 2.09. The van der Waals surface area contributed by atoms with Gasteiger partial charge in [0.1, 0.15) is 6.10 Å². The van der Waals surface area contributed by atoms with Gasteiger partial charge >= 0.3 is 0 Å². The smallest absolute Gasteiger partial charge is 0.227 e. The Balaban J connectivity index is 1.97. The molecule has 0 amide bonds. The molecular weight excluding hydrogens is 290 g/mol. The van der Waals surface area contributed by atoms with E-state index in [4.69, 9.17) is 4.74 Å². The van der Waals surface area contributed by atoms with Crippen LogP contribution in [0.4, 0.5) is 0 Å². The number of hydrogen-bond acceptors (Lipinski definition) is 5. The molecule has 3 rings (SSSR count). The lowest BCUT2D eigenvalue weighted by Gasteiger charge is -2.21. The first-order valence-corrected chi connectivity index (χ1v) is 8.16. The van der Waals surface area contributed by atoms with Crippen LogP contribution in [-0.4, -0.2) is 36.1 Å². The number of aryl methyl sites for hydroxylation is 1. The van der Waals surface area contributed by atoms with Crippen LogP contribution in [0.1, 0.15) is 19.4 Å². The second-order valence-electron chi connectivity index (χ2n) is 5.79. The topological polar surface area (TPSA) is 77.4 Å². The van der Waals surface area contributed by atoms with E-state index < -0.39 is 15.4 Å². The zero-order valence-electron chi connectivity index (χ0n) is 12.1. The van der Waals surface area contributed by atoms with Crippen LogP contribution in [-0.2, 0) is 20.1 Å². The number of rotatable bonds is 4. The Labute approximate surface area is 123 Å². The van der Waals surface area contributed by atoms with E-state index in [1.54, 1.807) is 28.9 Å². The quantitative estimate of drug-likeness (QED) is 0.801. The molecule has 0 N–H and O–H groups in total. The van der Waals surface area contributed by atoms with Gasteiger partial charge in [0.25, 0.3) is 0 Å². The first kappa shape index (κ1) is 14.2. The van der Waals surface area contributed by atoms with Crippen molar-refractivity contribution >= 4 is 9.84 Å². The van der Waals surface area contributed by atoms with Crippen molar-refractivity contribution in [3.8, 4) is 0 Å². The highest BCUT2D eigenvalue weighted by Crippen LogP contribution is 2.31. The Kier molecular flexibility index (Phi) is 3.14. The van der Waals surface area contributed by atoms with E-state index >= 15 is 0 Å². The number of hydrogen-bond donors (Lipinski definition) is 0. The van der Waals surface area contributed by atoms with Crippen molar-refractivity contribution in [1.82, 2.24) is 15.0 Å². The number of benzene rings is 1. The number of sulfone groups is 1. The molecule has 1 unspecified atom stereocenters. The first-order valence-electron chi connectivity index (χ1n) is 6.68. The van der Waals surface area contributed by atoms with Gasteiger partial charge in [0.2, 0.25) is 14.9 Å². The molecule has 0 aliphatic carbocycles. The lowest BCUT2D eigenvalue weighted by molar-refractivity contribution is 0.220. The van der Waals surface area contributed by atoms with E-state index in [1.807, 2.05) is 20.8 Å². The van der Waals surface area contributed by atoms with E-state index in [9.17, 15) is 8.42 Å². The van der Waals surface area contributed by atoms with Crippen LogP contribution in [0.5, 0.6) is 0 Å². The van der Waals surface area contributed by atoms with Crippen LogP contribution < -0.4 is 0 Å². The molecule has 1 fully saturated rings. The molecule has 1 aromatic heterocycles. The monoisotopic (exact) mass is 307 g/mol. The standard InChI is InChI=1S/C14H17N3O3S/c1-10-4-6-11(7-5-10)21(18,19)13-8-17(16-15-13)14(2,3)12-9-20-12/h4-8,12H,9H2,1-3H3. The third-order valence-corrected chi connectivity index (χ3v) is 5.42.